The minimum absolute atomic E-state index is 0.0131. The van der Waals surface area contributed by atoms with Crippen molar-refractivity contribution in [2.24, 2.45) is 0 Å². The van der Waals surface area contributed by atoms with E-state index >= 15 is 0 Å². The van der Waals surface area contributed by atoms with Crippen molar-refractivity contribution in [3.8, 4) is 0 Å². The summed E-state index contributed by atoms with van der Waals surface area (Å²) in [7, 11) is 0. The molecule has 2 aromatic rings. The van der Waals surface area contributed by atoms with Gasteiger partial charge in [0.05, 0.1) is 23.7 Å². The molecule has 1 atom stereocenters. The van der Waals surface area contributed by atoms with Crippen molar-refractivity contribution in [3.63, 3.8) is 0 Å². The summed E-state index contributed by atoms with van der Waals surface area (Å²) in [5, 5.41) is 2.39. The van der Waals surface area contributed by atoms with E-state index in [2.05, 4.69) is 5.32 Å². The molecule has 0 spiro atoms. The number of amides is 1. The number of carbonyl (C=O) groups excluding carboxylic acids is 3. The van der Waals surface area contributed by atoms with E-state index in [1.165, 1.54) is 23.6 Å². The molecule has 6 nitrogen and oxygen atoms in total. The number of alkyl halides is 1. The summed E-state index contributed by atoms with van der Waals surface area (Å²) in [6, 6.07) is 3.66. The Morgan fingerprint density at radius 2 is 2.07 bits per heavy atom. The van der Waals surface area contributed by atoms with Crippen LogP contribution in [0.1, 0.15) is 39.0 Å². The molecule has 0 radical (unpaired) electrons. The number of rotatable bonds is 5. The van der Waals surface area contributed by atoms with Gasteiger partial charge in [0.15, 0.2) is 0 Å². The molecule has 28 heavy (non-hydrogen) atoms. The fourth-order valence-corrected chi connectivity index (χ4v) is 3.53. The second-order valence-electron chi connectivity index (χ2n) is 6.34. The van der Waals surface area contributed by atoms with Crippen LogP contribution in [0.5, 0.6) is 0 Å². The summed E-state index contributed by atoms with van der Waals surface area (Å²) >= 11 is 5.72. The molecule has 148 valence electrons. The molecule has 9 heteroatoms. The summed E-state index contributed by atoms with van der Waals surface area (Å²) < 4.78 is 33.5. The number of benzene rings is 1. The molecule has 0 bridgehead atoms. The number of ketones is 1. The van der Waals surface area contributed by atoms with E-state index in [-0.39, 0.29) is 52.8 Å². The van der Waals surface area contributed by atoms with Gasteiger partial charge in [-0.15, -0.1) is 0 Å². The molecule has 1 N–H and O–H groups in total. The van der Waals surface area contributed by atoms with Crippen LogP contribution in [0.4, 0.5) is 14.5 Å². The zero-order valence-electron chi connectivity index (χ0n) is 15.1. The third kappa shape index (κ3) is 3.52. The predicted molar refractivity (Wildman–Crippen MR) is 98.1 cm³/mol. The first-order valence-electron chi connectivity index (χ1n) is 8.58. The number of ether oxygens (including phenoxy) is 1. The molecule has 0 fully saturated rings. The minimum atomic E-state index is -1.28. The molecular weight excluding hydrogens is 394 g/mol. The summed E-state index contributed by atoms with van der Waals surface area (Å²) in [6.45, 7) is 2.98. The maximum absolute atomic E-state index is 14.0. The molecule has 0 saturated carbocycles. The molecule has 1 aromatic heterocycles. The SMILES string of the molecule is CCOC(=O)C(=O)c1c(C)c(C(=O)Nc2ccc(F)c(Cl)c2)n2c1C[C@@H](F)C2. The smallest absolute Gasteiger partial charge is 0.379 e. The van der Waals surface area contributed by atoms with Crippen molar-refractivity contribution in [1.29, 1.82) is 0 Å². The quantitative estimate of drug-likeness (QED) is 0.465. The average Bonchev–Trinajstić information content (AvgIpc) is 3.11. The Kier molecular flexibility index (Phi) is 5.51. The number of hydrogen-bond acceptors (Lipinski definition) is 4. The third-order valence-corrected chi connectivity index (χ3v) is 4.78. The highest BCUT2D eigenvalue weighted by Crippen LogP contribution is 2.31. The van der Waals surface area contributed by atoms with Crippen molar-refractivity contribution in [1.82, 2.24) is 4.57 Å². The Morgan fingerprint density at radius 3 is 2.71 bits per heavy atom. The van der Waals surface area contributed by atoms with Gasteiger partial charge in [-0.05, 0) is 37.6 Å². The topological polar surface area (TPSA) is 77.4 Å². The molecule has 1 amide bonds. The van der Waals surface area contributed by atoms with Crippen molar-refractivity contribution in [2.45, 2.75) is 33.0 Å². The van der Waals surface area contributed by atoms with Crippen LogP contribution in [0.3, 0.4) is 0 Å². The highest BCUT2D eigenvalue weighted by atomic mass is 35.5. The van der Waals surface area contributed by atoms with Gasteiger partial charge in [-0.3, -0.25) is 9.59 Å². The Bertz CT molecular complexity index is 987. The minimum Gasteiger partial charge on any atom is -0.460 e. The molecule has 3 rings (SSSR count). The number of carbonyl (C=O) groups is 3. The highest BCUT2D eigenvalue weighted by molar-refractivity contribution is 6.41. The van der Waals surface area contributed by atoms with E-state index in [0.29, 0.717) is 0 Å². The standard InChI is InChI=1S/C19H17ClF2N2O4/c1-3-28-19(27)17(25)15-9(2)16(24-8-10(21)6-14(15)24)18(26)23-11-4-5-13(22)12(20)7-11/h4-5,7,10H,3,6,8H2,1-2H3,(H,23,26)/t10-/m1/s1. The molecule has 0 unspecified atom stereocenters. The molecule has 0 saturated heterocycles. The fourth-order valence-electron chi connectivity index (χ4n) is 3.35. The molecule has 1 aliphatic heterocycles. The lowest BCUT2D eigenvalue weighted by molar-refractivity contribution is -0.137. The highest BCUT2D eigenvalue weighted by Gasteiger charge is 2.36. The van der Waals surface area contributed by atoms with Crippen LogP contribution >= 0.6 is 11.6 Å². The van der Waals surface area contributed by atoms with Gasteiger partial charge < -0.3 is 14.6 Å². The number of Topliss-reactive ketones (excluding diaryl/α,β-unsaturated/α-hetero) is 1. The summed E-state index contributed by atoms with van der Waals surface area (Å²) in [5.41, 5.74) is 0.819. The van der Waals surface area contributed by atoms with E-state index in [4.69, 9.17) is 16.3 Å². The first-order valence-corrected chi connectivity index (χ1v) is 8.96. The Balaban J connectivity index is 2.00. The number of esters is 1. The fraction of sp³-hybridized carbons (Fsp3) is 0.316. The zero-order chi connectivity index (χ0) is 20.6. The Hall–Kier alpha value is -2.74. The van der Waals surface area contributed by atoms with E-state index in [0.717, 1.165) is 6.07 Å². The first kappa shape index (κ1) is 20.0. The summed E-state index contributed by atoms with van der Waals surface area (Å²) in [4.78, 5) is 37.2. The van der Waals surface area contributed by atoms with Crippen molar-refractivity contribution in [2.75, 3.05) is 11.9 Å². The monoisotopic (exact) mass is 410 g/mol. The second kappa shape index (κ2) is 7.71. The molecule has 1 aromatic carbocycles. The van der Waals surface area contributed by atoms with Crippen molar-refractivity contribution in [3.05, 3.63) is 51.6 Å². The van der Waals surface area contributed by atoms with Crippen LogP contribution < -0.4 is 5.32 Å². The lowest BCUT2D eigenvalue weighted by Crippen LogP contribution is -2.20. The Morgan fingerprint density at radius 1 is 1.36 bits per heavy atom. The van der Waals surface area contributed by atoms with Crippen LogP contribution in [0.25, 0.3) is 0 Å². The van der Waals surface area contributed by atoms with Gasteiger partial charge >= 0.3 is 5.97 Å². The number of fused-ring (bicyclic) bond motifs is 1. The largest absolute Gasteiger partial charge is 0.460 e. The summed E-state index contributed by atoms with van der Waals surface area (Å²) in [5.74, 6) is -3.24. The van der Waals surface area contributed by atoms with Gasteiger partial charge in [-0.1, -0.05) is 11.6 Å². The second-order valence-corrected chi connectivity index (χ2v) is 6.75. The average molecular weight is 411 g/mol. The summed E-state index contributed by atoms with van der Waals surface area (Å²) in [6.07, 6.45) is -1.37. The predicted octanol–water partition coefficient (Wildman–Crippen LogP) is 3.48. The zero-order valence-corrected chi connectivity index (χ0v) is 15.9. The van der Waals surface area contributed by atoms with E-state index in [1.807, 2.05) is 0 Å². The number of aromatic nitrogens is 1. The number of nitrogens with one attached hydrogen (secondary N) is 1. The van der Waals surface area contributed by atoms with Crippen LogP contribution in [0, 0.1) is 12.7 Å². The third-order valence-electron chi connectivity index (χ3n) is 4.49. The van der Waals surface area contributed by atoms with Crippen molar-refractivity contribution >= 4 is 34.9 Å². The van der Waals surface area contributed by atoms with Crippen LogP contribution in [0.2, 0.25) is 5.02 Å². The number of halogens is 3. The lowest BCUT2D eigenvalue weighted by atomic mass is 10.0. The normalized spacial score (nSPS) is 15.2. The van der Waals surface area contributed by atoms with Gasteiger partial charge in [0.1, 0.15) is 17.7 Å². The number of anilines is 1. The molecule has 2 heterocycles. The molecule has 1 aliphatic rings. The first-order chi connectivity index (χ1) is 13.2. The van der Waals surface area contributed by atoms with Crippen LogP contribution in [-0.4, -0.2) is 35.0 Å². The maximum Gasteiger partial charge on any atom is 0.379 e. The maximum atomic E-state index is 14.0. The van der Waals surface area contributed by atoms with E-state index < -0.39 is 29.6 Å². The van der Waals surface area contributed by atoms with Crippen LogP contribution in [-0.2, 0) is 22.5 Å². The molecule has 0 aliphatic carbocycles. The van der Waals surface area contributed by atoms with E-state index in [9.17, 15) is 23.2 Å². The van der Waals surface area contributed by atoms with Gasteiger partial charge in [0.25, 0.3) is 11.7 Å². The van der Waals surface area contributed by atoms with Gasteiger partial charge in [-0.2, -0.15) is 0 Å². The van der Waals surface area contributed by atoms with Crippen LogP contribution in [0.15, 0.2) is 18.2 Å². The number of hydrogen-bond donors (Lipinski definition) is 1. The van der Waals surface area contributed by atoms with Gasteiger partial charge in [0.2, 0.25) is 0 Å². The van der Waals surface area contributed by atoms with Crippen molar-refractivity contribution < 1.29 is 27.9 Å². The van der Waals surface area contributed by atoms with Gasteiger partial charge in [0, 0.05) is 17.8 Å². The lowest BCUT2D eigenvalue weighted by Gasteiger charge is -2.10. The van der Waals surface area contributed by atoms with Gasteiger partial charge in [-0.25, -0.2) is 13.6 Å². The van der Waals surface area contributed by atoms with E-state index in [1.54, 1.807) is 6.92 Å². The number of nitrogens with zero attached hydrogens (tertiary/aromatic N) is 1. The Labute approximate surface area is 164 Å². The molecular formula is C19H17ClF2N2O4.